The number of nitrogens with one attached hydrogen (secondary N) is 1. The first kappa shape index (κ1) is 16.3. The number of alkyl halides is 3. The van der Waals surface area contributed by atoms with E-state index in [0.717, 1.165) is 0 Å². The average molecular weight is 291 g/mol. The largest absolute Gasteiger partial charge is 0.496 e. The third-order valence-electron chi connectivity index (χ3n) is 2.38. The Morgan fingerprint density at radius 2 is 2.00 bits per heavy atom. The van der Waals surface area contributed by atoms with E-state index in [-0.39, 0.29) is 25.5 Å². The number of amides is 1. The smallest absolute Gasteiger partial charge is 0.411 e. The van der Waals surface area contributed by atoms with Gasteiger partial charge >= 0.3 is 6.18 Å². The van der Waals surface area contributed by atoms with E-state index >= 15 is 0 Å². The van der Waals surface area contributed by atoms with E-state index in [0.29, 0.717) is 11.3 Å². The van der Waals surface area contributed by atoms with Crippen LogP contribution in [-0.2, 0) is 16.0 Å². The van der Waals surface area contributed by atoms with E-state index < -0.39 is 12.8 Å². The number of hydrogen-bond acceptors (Lipinski definition) is 3. The van der Waals surface area contributed by atoms with Crippen molar-refractivity contribution in [3.63, 3.8) is 0 Å². The van der Waals surface area contributed by atoms with Crippen LogP contribution in [0.1, 0.15) is 5.56 Å². The number of carbonyl (C=O) groups is 1. The van der Waals surface area contributed by atoms with Crippen LogP contribution in [0.25, 0.3) is 0 Å². The van der Waals surface area contributed by atoms with Crippen LogP contribution in [-0.4, -0.2) is 39.0 Å². The van der Waals surface area contributed by atoms with E-state index in [1.54, 1.807) is 24.3 Å². The van der Waals surface area contributed by atoms with Crippen LogP contribution in [0.2, 0.25) is 0 Å². The molecular weight excluding hydrogens is 275 g/mol. The molecule has 0 unspecified atom stereocenters. The maximum absolute atomic E-state index is 11.8. The SMILES string of the molecule is COc1ccccc1CC(=O)NCCOCC(F)(F)F. The van der Waals surface area contributed by atoms with Crippen molar-refractivity contribution in [3.05, 3.63) is 29.8 Å². The number of carbonyl (C=O) groups excluding carboxylic acids is 1. The lowest BCUT2D eigenvalue weighted by Crippen LogP contribution is -2.30. The molecule has 0 aliphatic rings. The molecule has 1 rings (SSSR count). The lowest BCUT2D eigenvalue weighted by molar-refractivity contribution is -0.173. The van der Waals surface area contributed by atoms with Gasteiger partial charge in [-0.15, -0.1) is 0 Å². The van der Waals surface area contributed by atoms with Gasteiger partial charge in [0.1, 0.15) is 12.4 Å². The summed E-state index contributed by atoms with van der Waals surface area (Å²) in [7, 11) is 1.50. The number of hydrogen-bond donors (Lipinski definition) is 1. The average Bonchev–Trinajstić information content (AvgIpc) is 2.37. The summed E-state index contributed by atoms with van der Waals surface area (Å²) >= 11 is 0. The fourth-order valence-electron chi connectivity index (χ4n) is 1.54. The number of rotatable bonds is 7. The quantitative estimate of drug-likeness (QED) is 0.781. The molecule has 20 heavy (non-hydrogen) atoms. The van der Waals surface area contributed by atoms with Gasteiger partial charge in [-0.05, 0) is 6.07 Å². The Kier molecular flexibility index (Phi) is 6.30. The summed E-state index contributed by atoms with van der Waals surface area (Å²) in [6.45, 7) is -1.46. The van der Waals surface area contributed by atoms with Gasteiger partial charge in [0.25, 0.3) is 0 Å². The zero-order valence-electron chi connectivity index (χ0n) is 11.0. The zero-order valence-corrected chi connectivity index (χ0v) is 11.0. The second-order valence-corrected chi connectivity index (χ2v) is 4.01. The van der Waals surface area contributed by atoms with Crippen molar-refractivity contribution in [2.45, 2.75) is 12.6 Å². The van der Waals surface area contributed by atoms with Gasteiger partial charge in [-0.25, -0.2) is 0 Å². The van der Waals surface area contributed by atoms with Crippen LogP contribution >= 0.6 is 0 Å². The standard InChI is InChI=1S/C13H16F3NO3/c1-19-11-5-3-2-4-10(11)8-12(18)17-6-7-20-9-13(14,15)16/h2-5H,6-9H2,1H3,(H,17,18). The van der Waals surface area contributed by atoms with Crippen LogP contribution in [0.5, 0.6) is 5.75 Å². The summed E-state index contributed by atoms with van der Waals surface area (Å²) in [5.41, 5.74) is 0.712. The Hall–Kier alpha value is -1.76. The lowest BCUT2D eigenvalue weighted by atomic mass is 10.1. The molecule has 0 aliphatic carbocycles. The summed E-state index contributed by atoms with van der Waals surface area (Å²) in [6, 6.07) is 7.04. The van der Waals surface area contributed by atoms with Crippen LogP contribution in [0.15, 0.2) is 24.3 Å². The number of benzene rings is 1. The number of para-hydroxylation sites is 1. The molecule has 0 heterocycles. The first-order valence-electron chi connectivity index (χ1n) is 5.95. The van der Waals surface area contributed by atoms with E-state index in [1.165, 1.54) is 7.11 Å². The molecule has 0 aromatic heterocycles. The molecule has 0 fully saturated rings. The minimum absolute atomic E-state index is 0.0318. The maximum Gasteiger partial charge on any atom is 0.411 e. The molecule has 4 nitrogen and oxygen atoms in total. The van der Waals surface area contributed by atoms with E-state index in [2.05, 4.69) is 10.1 Å². The van der Waals surface area contributed by atoms with Crippen molar-refractivity contribution in [3.8, 4) is 5.75 Å². The van der Waals surface area contributed by atoms with Gasteiger partial charge in [-0.2, -0.15) is 13.2 Å². The third kappa shape index (κ3) is 6.42. The topological polar surface area (TPSA) is 47.6 Å². The summed E-state index contributed by atoms with van der Waals surface area (Å²) < 4.78 is 44.8. The molecule has 1 N–H and O–H groups in total. The van der Waals surface area contributed by atoms with Gasteiger partial charge in [-0.1, -0.05) is 18.2 Å². The molecule has 1 aromatic rings. The Balaban J connectivity index is 2.27. The molecule has 0 bridgehead atoms. The predicted octanol–water partition coefficient (Wildman–Crippen LogP) is 1.93. The zero-order chi connectivity index (χ0) is 15.0. The molecule has 0 aliphatic heterocycles. The second-order valence-electron chi connectivity index (χ2n) is 4.01. The lowest BCUT2D eigenvalue weighted by Gasteiger charge is -2.10. The second kappa shape index (κ2) is 7.74. The number of halogens is 3. The van der Waals surface area contributed by atoms with Crippen molar-refractivity contribution < 1.29 is 27.4 Å². The van der Waals surface area contributed by atoms with Gasteiger partial charge in [0, 0.05) is 12.1 Å². The van der Waals surface area contributed by atoms with E-state index in [9.17, 15) is 18.0 Å². The Morgan fingerprint density at radius 1 is 1.30 bits per heavy atom. The molecule has 0 saturated heterocycles. The normalized spacial score (nSPS) is 11.2. The molecule has 0 spiro atoms. The number of ether oxygens (including phenoxy) is 2. The fraction of sp³-hybridized carbons (Fsp3) is 0.462. The molecule has 112 valence electrons. The van der Waals surface area contributed by atoms with Gasteiger partial charge in [0.05, 0.1) is 20.1 Å². The van der Waals surface area contributed by atoms with Crippen molar-refractivity contribution in [2.24, 2.45) is 0 Å². The van der Waals surface area contributed by atoms with E-state index in [1.807, 2.05) is 0 Å². The fourth-order valence-corrected chi connectivity index (χ4v) is 1.54. The predicted molar refractivity (Wildman–Crippen MR) is 66.6 cm³/mol. The summed E-state index contributed by atoms with van der Waals surface area (Å²) in [5, 5.41) is 2.48. The molecule has 7 heteroatoms. The van der Waals surface area contributed by atoms with Crippen LogP contribution < -0.4 is 10.1 Å². The highest BCUT2D eigenvalue weighted by molar-refractivity contribution is 5.79. The summed E-state index contributed by atoms with van der Waals surface area (Å²) in [6.07, 6.45) is -4.25. The molecule has 0 radical (unpaired) electrons. The molecular formula is C13H16F3NO3. The first-order valence-corrected chi connectivity index (χ1v) is 5.95. The summed E-state index contributed by atoms with van der Waals surface area (Å²) in [5.74, 6) is 0.293. The first-order chi connectivity index (χ1) is 9.42. The maximum atomic E-state index is 11.8. The van der Waals surface area contributed by atoms with Crippen molar-refractivity contribution in [1.82, 2.24) is 5.32 Å². The highest BCUT2D eigenvalue weighted by atomic mass is 19.4. The molecule has 0 atom stereocenters. The Morgan fingerprint density at radius 3 is 2.65 bits per heavy atom. The highest BCUT2D eigenvalue weighted by Crippen LogP contribution is 2.17. The van der Waals surface area contributed by atoms with Crippen LogP contribution in [0.3, 0.4) is 0 Å². The van der Waals surface area contributed by atoms with Gasteiger partial charge < -0.3 is 14.8 Å². The van der Waals surface area contributed by atoms with Gasteiger partial charge in [0.2, 0.25) is 5.91 Å². The van der Waals surface area contributed by atoms with Crippen molar-refractivity contribution in [1.29, 1.82) is 0 Å². The van der Waals surface area contributed by atoms with Crippen molar-refractivity contribution >= 4 is 5.91 Å². The Labute approximate surface area is 114 Å². The van der Waals surface area contributed by atoms with Crippen LogP contribution in [0, 0.1) is 0 Å². The monoisotopic (exact) mass is 291 g/mol. The minimum Gasteiger partial charge on any atom is -0.496 e. The molecule has 1 aromatic carbocycles. The molecule has 1 amide bonds. The summed E-state index contributed by atoms with van der Waals surface area (Å²) in [4.78, 5) is 11.6. The molecule has 0 saturated carbocycles. The minimum atomic E-state index is -4.35. The van der Waals surface area contributed by atoms with Gasteiger partial charge in [0.15, 0.2) is 0 Å². The highest BCUT2D eigenvalue weighted by Gasteiger charge is 2.27. The van der Waals surface area contributed by atoms with Gasteiger partial charge in [-0.3, -0.25) is 4.79 Å². The number of methoxy groups -OCH3 is 1. The van der Waals surface area contributed by atoms with E-state index in [4.69, 9.17) is 4.74 Å². The van der Waals surface area contributed by atoms with Crippen molar-refractivity contribution in [2.75, 3.05) is 26.9 Å². The Bertz CT molecular complexity index is 435. The third-order valence-corrected chi connectivity index (χ3v) is 2.38. The van der Waals surface area contributed by atoms with Crippen LogP contribution in [0.4, 0.5) is 13.2 Å².